The number of anilines is 1. The van der Waals surface area contributed by atoms with Crippen LogP contribution in [0.15, 0.2) is 65.5 Å². The molecule has 5 heteroatoms. The van der Waals surface area contributed by atoms with Crippen LogP contribution in [0.2, 0.25) is 0 Å². The number of carbonyl (C=O) groups is 1. The third-order valence-corrected chi connectivity index (χ3v) is 4.65. The van der Waals surface area contributed by atoms with E-state index in [-0.39, 0.29) is 5.91 Å². The maximum Gasteiger partial charge on any atom is 0.255 e. The average molecular weight is 347 g/mol. The molecule has 4 rings (SSSR count). The van der Waals surface area contributed by atoms with Crippen LogP contribution < -0.4 is 5.32 Å². The Morgan fingerprint density at radius 3 is 2.65 bits per heavy atom. The summed E-state index contributed by atoms with van der Waals surface area (Å²) in [5, 5.41) is 2.98. The van der Waals surface area contributed by atoms with Gasteiger partial charge in [-0.25, -0.2) is 4.98 Å². The molecule has 3 aromatic rings. The van der Waals surface area contributed by atoms with Crippen molar-refractivity contribution in [2.75, 3.05) is 18.4 Å². The molecule has 0 aliphatic carbocycles. The highest BCUT2D eigenvalue weighted by molar-refractivity contribution is 6.04. The molecular formula is C21H21N3O2. The van der Waals surface area contributed by atoms with Gasteiger partial charge in [0.25, 0.3) is 5.91 Å². The number of hydrogen-bond donors (Lipinski definition) is 1. The fraction of sp³-hybridized carbons (Fsp3) is 0.238. The number of carbonyl (C=O) groups excluding carboxylic acids is 1. The van der Waals surface area contributed by atoms with E-state index in [4.69, 9.17) is 4.42 Å². The van der Waals surface area contributed by atoms with Gasteiger partial charge in [0.2, 0.25) is 0 Å². The topological polar surface area (TPSA) is 58.4 Å². The number of oxazole rings is 1. The molecular weight excluding hydrogens is 326 g/mol. The zero-order chi connectivity index (χ0) is 17.8. The van der Waals surface area contributed by atoms with Crippen LogP contribution in [0.3, 0.4) is 0 Å². The molecule has 26 heavy (non-hydrogen) atoms. The second-order valence-corrected chi connectivity index (χ2v) is 6.58. The van der Waals surface area contributed by atoms with Crippen molar-refractivity contribution in [2.45, 2.75) is 19.4 Å². The Balaban J connectivity index is 1.42. The number of aromatic nitrogens is 1. The molecule has 1 aliphatic heterocycles. The first-order valence-electron chi connectivity index (χ1n) is 8.89. The average Bonchev–Trinajstić information content (AvgIpc) is 3.36. The van der Waals surface area contributed by atoms with Crippen molar-refractivity contribution < 1.29 is 9.21 Å². The van der Waals surface area contributed by atoms with E-state index < -0.39 is 0 Å². The summed E-state index contributed by atoms with van der Waals surface area (Å²) < 4.78 is 5.27. The largest absolute Gasteiger partial charge is 0.444 e. The van der Waals surface area contributed by atoms with Crippen molar-refractivity contribution in [3.8, 4) is 11.3 Å². The number of rotatable bonds is 5. The first kappa shape index (κ1) is 16.5. The third kappa shape index (κ3) is 3.83. The zero-order valence-corrected chi connectivity index (χ0v) is 14.5. The number of nitrogens with one attached hydrogen (secondary N) is 1. The number of hydrogen-bond acceptors (Lipinski definition) is 4. The van der Waals surface area contributed by atoms with Crippen molar-refractivity contribution in [1.82, 2.24) is 9.88 Å². The summed E-state index contributed by atoms with van der Waals surface area (Å²) in [4.78, 5) is 18.9. The fourth-order valence-electron chi connectivity index (χ4n) is 3.29. The summed E-state index contributed by atoms with van der Waals surface area (Å²) in [6.07, 6.45) is 5.60. The molecule has 0 spiro atoms. The molecule has 5 nitrogen and oxygen atoms in total. The summed E-state index contributed by atoms with van der Waals surface area (Å²) in [6, 6.07) is 15.4. The van der Waals surface area contributed by atoms with Crippen LogP contribution in [0.25, 0.3) is 11.3 Å². The van der Waals surface area contributed by atoms with Gasteiger partial charge in [0.1, 0.15) is 0 Å². The lowest BCUT2D eigenvalue weighted by molar-refractivity contribution is 0.102. The van der Waals surface area contributed by atoms with Gasteiger partial charge in [0, 0.05) is 23.4 Å². The first-order chi connectivity index (χ1) is 12.8. The van der Waals surface area contributed by atoms with Gasteiger partial charge in [0.05, 0.1) is 6.20 Å². The minimum atomic E-state index is -0.118. The fourth-order valence-corrected chi connectivity index (χ4v) is 3.29. The van der Waals surface area contributed by atoms with E-state index in [1.807, 2.05) is 24.3 Å². The van der Waals surface area contributed by atoms with E-state index in [0.29, 0.717) is 11.3 Å². The Kier molecular flexibility index (Phi) is 4.80. The molecule has 1 aromatic heterocycles. The first-order valence-corrected chi connectivity index (χ1v) is 8.89. The van der Waals surface area contributed by atoms with Crippen LogP contribution in [-0.4, -0.2) is 28.9 Å². The van der Waals surface area contributed by atoms with E-state index >= 15 is 0 Å². The van der Waals surface area contributed by atoms with Crippen LogP contribution in [0, 0.1) is 0 Å². The van der Waals surface area contributed by atoms with Crippen LogP contribution in [0.1, 0.15) is 28.8 Å². The van der Waals surface area contributed by atoms with Gasteiger partial charge >= 0.3 is 0 Å². The molecule has 0 saturated carbocycles. The molecule has 0 unspecified atom stereocenters. The Bertz CT molecular complexity index is 867. The predicted molar refractivity (Wildman–Crippen MR) is 101 cm³/mol. The third-order valence-electron chi connectivity index (χ3n) is 4.65. The summed E-state index contributed by atoms with van der Waals surface area (Å²) in [5.41, 5.74) is 3.56. The number of amides is 1. The number of benzene rings is 2. The monoisotopic (exact) mass is 347 g/mol. The van der Waals surface area contributed by atoms with Crippen LogP contribution in [0.5, 0.6) is 0 Å². The van der Waals surface area contributed by atoms with Crippen LogP contribution >= 0.6 is 0 Å². The lowest BCUT2D eigenvalue weighted by Crippen LogP contribution is -2.18. The Morgan fingerprint density at radius 2 is 1.92 bits per heavy atom. The van der Waals surface area contributed by atoms with Gasteiger partial charge in [-0.15, -0.1) is 0 Å². The van der Waals surface area contributed by atoms with Crippen molar-refractivity contribution in [1.29, 1.82) is 0 Å². The smallest absolute Gasteiger partial charge is 0.255 e. The highest BCUT2D eigenvalue weighted by Crippen LogP contribution is 2.20. The molecule has 132 valence electrons. The van der Waals surface area contributed by atoms with E-state index in [2.05, 4.69) is 27.3 Å². The molecule has 2 heterocycles. The van der Waals surface area contributed by atoms with Crippen molar-refractivity contribution >= 4 is 11.6 Å². The minimum Gasteiger partial charge on any atom is -0.444 e. The molecule has 1 fully saturated rings. The van der Waals surface area contributed by atoms with Crippen LogP contribution in [-0.2, 0) is 6.54 Å². The van der Waals surface area contributed by atoms with Crippen molar-refractivity contribution in [3.63, 3.8) is 0 Å². The highest BCUT2D eigenvalue weighted by atomic mass is 16.3. The molecule has 0 atom stereocenters. The van der Waals surface area contributed by atoms with Gasteiger partial charge in [-0.2, -0.15) is 0 Å². The normalized spacial score (nSPS) is 14.5. The molecule has 1 saturated heterocycles. The second-order valence-electron chi connectivity index (χ2n) is 6.58. The molecule has 2 aromatic carbocycles. The van der Waals surface area contributed by atoms with E-state index in [9.17, 15) is 4.79 Å². The van der Waals surface area contributed by atoms with Gasteiger partial charge < -0.3 is 9.73 Å². The maximum absolute atomic E-state index is 12.5. The van der Waals surface area contributed by atoms with Gasteiger partial charge in [-0.05, 0) is 55.8 Å². The Labute approximate surface area is 152 Å². The Hall–Kier alpha value is -2.92. The maximum atomic E-state index is 12.5. The number of likely N-dealkylation sites (tertiary alicyclic amines) is 1. The highest BCUT2D eigenvalue weighted by Gasteiger charge is 2.12. The molecule has 0 radical (unpaired) electrons. The predicted octanol–water partition coefficient (Wildman–Crippen LogP) is 4.19. The molecule has 0 bridgehead atoms. The van der Waals surface area contributed by atoms with Gasteiger partial charge in [-0.1, -0.05) is 24.3 Å². The molecule has 1 N–H and O–H groups in total. The van der Waals surface area contributed by atoms with E-state index in [0.717, 1.165) is 30.9 Å². The molecule has 1 amide bonds. The lowest BCUT2D eigenvalue weighted by atomic mass is 10.1. The standard InChI is InChI=1S/C21H21N3O2/c25-21(18-8-6-17(7-9-18)20-13-22-15-26-20)23-19-5-3-4-16(12-19)14-24-10-1-2-11-24/h3-9,12-13,15H,1-2,10-11,14H2,(H,23,25). The van der Waals surface area contributed by atoms with Gasteiger partial charge in [0.15, 0.2) is 12.2 Å². The van der Waals surface area contributed by atoms with Crippen LogP contribution in [0.4, 0.5) is 5.69 Å². The summed E-state index contributed by atoms with van der Waals surface area (Å²) >= 11 is 0. The lowest BCUT2D eigenvalue weighted by Gasteiger charge is -2.15. The zero-order valence-electron chi connectivity index (χ0n) is 14.5. The van der Waals surface area contributed by atoms with E-state index in [1.54, 1.807) is 18.3 Å². The van der Waals surface area contributed by atoms with E-state index in [1.165, 1.54) is 24.8 Å². The molecule has 1 aliphatic rings. The minimum absolute atomic E-state index is 0.118. The quantitative estimate of drug-likeness (QED) is 0.752. The summed E-state index contributed by atoms with van der Waals surface area (Å²) in [6.45, 7) is 3.26. The van der Waals surface area contributed by atoms with Gasteiger partial charge in [-0.3, -0.25) is 9.69 Å². The SMILES string of the molecule is O=C(Nc1cccc(CN2CCCC2)c1)c1ccc(-c2cnco2)cc1. The van der Waals surface area contributed by atoms with Crippen molar-refractivity contribution in [2.24, 2.45) is 0 Å². The second kappa shape index (κ2) is 7.54. The number of nitrogens with zero attached hydrogens (tertiary/aromatic N) is 2. The Morgan fingerprint density at radius 1 is 1.12 bits per heavy atom. The van der Waals surface area contributed by atoms with Crippen molar-refractivity contribution in [3.05, 3.63) is 72.2 Å². The summed E-state index contributed by atoms with van der Waals surface area (Å²) in [7, 11) is 0. The summed E-state index contributed by atoms with van der Waals surface area (Å²) in [5.74, 6) is 0.569.